The van der Waals surface area contributed by atoms with Crippen LogP contribution in [-0.4, -0.2) is 19.3 Å². The lowest BCUT2D eigenvalue weighted by molar-refractivity contribution is 0.170. The van der Waals surface area contributed by atoms with E-state index < -0.39 is 0 Å². The fraction of sp³-hybridized carbons (Fsp3) is 0.364. The van der Waals surface area contributed by atoms with Gasteiger partial charge in [0.1, 0.15) is 13.2 Å². The van der Waals surface area contributed by atoms with Crippen molar-refractivity contribution in [1.82, 2.24) is 0 Å². The Kier molecular flexibility index (Phi) is 3.27. The zero-order valence-corrected chi connectivity index (χ0v) is 10.3. The van der Waals surface area contributed by atoms with Gasteiger partial charge >= 0.3 is 0 Å². The zero-order valence-electron chi connectivity index (χ0n) is 8.70. The molecule has 1 aliphatic rings. The highest BCUT2D eigenvalue weighted by Gasteiger charge is 2.18. The Hall–Kier alpha value is -1.32. The number of rotatable bonds is 2. The maximum atomic E-state index is 10.2. The molecule has 16 heavy (non-hydrogen) atoms. The van der Waals surface area contributed by atoms with E-state index in [0.29, 0.717) is 24.7 Å². The van der Waals surface area contributed by atoms with E-state index in [1.807, 2.05) is 19.1 Å². The number of ether oxygens (including phenoxy) is 2. The Bertz CT molecular complexity index is 455. The van der Waals surface area contributed by atoms with Crippen molar-refractivity contribution in [2.24, 2.45) is 4.99 Å². The van der Waals surface area contributed by atoms with Crippen LogP contribution >= 0.6 is 15.9 Å². The standard InChI is InChI=1S/C11H10BrNO3/c1-7(13-6-14)8-4-9(12)11-10(5-8)15-2-3-16-11/h4-5,7H,2-3H2,1H3. The van der Waals surface area contributed by atoms with Crippen molar-refractivity contribution in [3.63, 3.8) is 0 Å². The van der Waals surface area contributed by atoms with Crippen LogP contribution in [0.4, 0.5) is 0 Å². The molecular weight excluding hydrogens is 274 g/mol. The van der Waals surface area contributed by atoms with E-state index in [4.69, 9.17) is 9.47 Å². The molecule has 5 heteroatoms. The summed E-state index contributed by atoms with van der Waals surface area (Å²) >= 11 is 3.41. The largest absolute Gasteiger partial charge is 0.486 e. The SMILES string of the molecule is CC(N=C=O)c1cc(Br)c2c(c1)OCCO2. The maximum Gasteiger partial charge on any atom is 0.235 e. The fourth-order valence-electron chi connectivity index (χ4n) is 1.53. The number of hydrogen-bond acceptors (Lipinski definition) is 4. The summed E-state index contributed by atoms with van der Waals surface area (Å²) in [5.41, 5.74) is 0.888. The monoisotopic (exact) mass is 283 g/mol. The quantitative estimate of drug-likeness (QED) is 0.619. The topological polar surface area (TPSA) is 47.9 Å². The van der Waals surface area contributed by atoms with Crippen molar-refractivity contribution in [1.29, 1.82) is 0 Å². The molecule has 0 amide bonds. The predicted octanol–water partition coefficient (Wildman–Crippen LogP) is 2.62. The predicted molar refractivity (Wildman–Crippen MR) is 61.7 cm³/mol. The molecule has 0 aliphatic carbocycles. The van der Waals surface area contributed by atoms with Gasteiger partial charge in [-0.3, -0.25) is 0 Å². The van der Waals surface area contributed by atoms with Crippen molar-refractivity contribution in [2.75, 3.05) is 13.2 Å². The molecule has 1 heterocycles. The molecule has 0 saturated carbocycles. The van der Waals surface area contributed by atoms with Crippen LogP contribution in [0.1, 0.15) is 18.5 Å². The summed E-state index contributed by atoms with van der Waals surface area (Å²) in [6.07, 6.45) is 1.55. The van der Waals surface area contributed by atoms with Gasteiger partial charge < -0.3 is 9.47 Å². The number of hydrogen-bond donors (Lipinski definition) is 0. The average Bonchev–Trinajstić information content (AvgIpc) is 2.29. The molecule has 1 aliphatic heterocycles. The first-order chi connectivity index (χ1) is 7.72. The minimum absolute atomic E-state index is 0.232. The molecule has 1 aromatic carbocycles. The maximum absolute atomic E-state index is 10.2. The summed E-state index contributed by atoms with van der Waals surface area (Å²) < 4.78 is 11.8. The number of aliphatic imine (C=N–C) groups is 1. The van der Waals surface area contributed by atoms with E-state index in [1.54, 1.807) is 6.08 Å². The lowest BCUT2D eigenvalue weighted by Gasteiger charge is -2.21. The molecule has 0 fully saturated rings. The molecule has 1 aromatic rings. The van der Waals surface area contributed by atoms with Crippen molar-refractivity contribution < 1.29 is 14.3 Å². The van der Waals surface area contributed by atoms with Crippen LogP contribution in [0.2, 0.25) is 0 Å². The summed E-state index contributed by atoms with van der Waals surface area (Å²) in [5.74, 6) is 1.39. The highest BCUT2D eigenvalue weighted by atomic mass is 79.9. The molecule has 2 rings (SSSR count). The second-order valence-electron chi connectivity index (χ2n) is 3.42. The molecule has 0 radical (unpaired) electrons. The van der Waals surface area contributed by atoms with Crippen LogP contribution in [0.25, 0.3) is 0 Å². The van der Waals surface area contributed by atoms with Gasteiger partial charge in [0.25, 0.3) is 0 Å². The third kappa shape index (κ3) is 2.10. The van der Waals surface area contributed by atoms with E-state index in [0.717, 1.165) is 10.0 Å². The third-order valence-corrected chi connectivity index (χ3v) is 2.94. The molecule has 4 nitrogen and oxygen atoms in total. The first kappa shape index (κ1) is 11.2. The van der Waals surface area contributed by atoms with Gasteiger partial charge in [-0.1, -0.05) is 0 Å². The minimum Gasteiger partial charge on any atom is -0.486 e. The van der Waals surface area contributed by atoms with E-state index in [-0.39, 0.29) is 6.04 Å². The normalized spacial score (nSPS) is 15.1. The first-order valence-corrected chi connectivity index (χ1v) is 5.67. The Balaban J connectivity index is 2.42. The van der Waals surface area contributed by atoms with E-state index in [2.05, 4.69) is 20.9 Å². The van der Waals surface area contributed by atoms with E-state index in [1.165, 1.54) is 0 Å². The van der Waals surface area contributed by atoms with Gasteiger partial charge in [0.2, 0.25) is 6.08 Å². The molecule has 0 aromatic heterocycles. The number of isocyanates is 1. The Morgan fingerprint density at radius 2 is 2.19 bits per heavy atom. The molecule has 1 unspecified atom stereocenters. The van der Waals surface area contributed by atoms with Crippen LogP contribution in [-0.2, 0) is 4.79 Å². The van der Waals surface area contributed by atoms with E-state index in [9.17, 15) is 4.79 Å². The van der Waals surface area contributed by atoms with Gasteiger partial charge in [0.15, 0.2) is 11.5 Å². The molecule has 0 spiro atoms. The minimum atomic E-state index is -0.232. The van der Waals surface area contributed by atoms with Crippen molar-refractivity contribution in [3.05, 3.63) is 22.2 Å². The summed E-state index contributed by atoms with van der Waals surface area (Å²) in [5, 5.41) is 0. The summed E-state index contributed by atoms with van der Waals surface area (Å²) in [6, 6.07) is 3.48. The number of carbonyl (C=O) groups excluding carboxylic acids is 1. The van der Waals surface area contributed by atoms with Crippen LogP contribution in [0.3, 0.4) is 0 Å². The van der Waals surface area contributed by atoms with Gasteiger partial charge in [0.05, 0.1) is 10.5 Å². The van der Waals surface area contributed by atoms with Crippen LogP contribution in [0.5, 0.6) is 11.5 Å². The molecule has 0 saturated heterocycles. The lowest BCUT2D eigenvalue weighted by atomic mass is 10.1. The van der Waals surface area contributed by atoms with Gasteiger partial charge in [-0.15, -0.1) is 0 Å². The second-order valence-corrected chi connectivity index (χ2v) is 4.28. The molecule has 0 N–H and O–H groups in total. The Morgan fingerprint density at radius 1 is 1.44 bits per heavy atom. The van der Waals surface area contributed by atoms with Gasteiger partial charge in [-0.05, 0) is 40.5 Å². The summed E-state index contributed by atoms with van der Waals surface area (Å²) in [7, 11) is 0. The van der Waals surface area contributed by atoms with Gasteiger partial charge in [-0.25, -0.2) is 4.79 Å². The fourth-order valence-corrected chi connectivity index (χ4v) is 2.10. The summed E-state index contributed by atoms with van der Waals surface area (Å²) in [6.45, 7) is 2.91. The lowest BCUT2D eigenvalue weighted by Crippen LogP contribution is -2.16. The number of halogens is 1. The van der Waals surface area contributed by atoms with Crippen molar-refractivity contribution >= 4 is 22.0 Å². The average molecular weight is 284 g/mol. The molecule has 0 bridgehead atoms. The third-order valence-electron chi connectivity index (χ3n) is 2.35. The van der Waals surface area contributed by atoms with Crippen LogP contribution < -0.4 is 9.47 Å². The Morgan fingerprint density at radius 3 is 2.94 bits per heavy atom. The Labute approximate surface area is 101 Å². The van der Waals surface area contributed by atoms with Crippen LogP contribution in [0, 0.1) is 0 Å². The molecular formula is C11H10BrNO3. The van der Waals surface area contributed by atoms with Crippen LogP contribution in [0.15, 0.2) is 21.6 Å². The molecule has 1 atom stereocenters. The van der Waals surface area contributed by atoms with Gasteiger partial charge in [-0.2, -0.15) is 4.99 Å². The number of benzene rings is 1. The zero-order chi connectivity index (χ0) is 11.5. The van der Waals surface area contributed by atoms with Crippen molar-refractivity contribution in [3.8, 4) is 11.5 Å². The van der Waals surface area contributed by atoms with E-state index >= 15 is 0 Å². The highest BCUT2D eigenvalue weighted by molar-refractivity contribution is 9.10. The second kappa shape index (κ2) is 4.68. The first-order valence-electron chi connectivity index (χ1n) is 4.88. The van der Waals surface area contributed by atoms with Crippen molar-refractivity contribution in [2.45, 2.75) is 13.0 Å². The van der Waals surface area contributed by atoms with Gasteiger partial charge in [0, 0.05) is 0 Å². The number of fused-ring (bicyclic) bond motifs is 1. The summed E-state index contributed by atoms with van der Waals surface area (Å²) in [4.78, 5) is 13.9. The number of nitrogens with zero attached hydrogens (tertiary/aromatic N) is 1. The smallest absolute Gasteiger partial charge is 0.235 e. The molecule has 84 valence electrons. The highest BCUT2D eigenvalue weighted by Crippen LogP contribution is 2.40.